The highest BCUT2D eigenvalue weighted by Gasteiger charge is 2.22. The van der Waals surface area contributed by atoms with Gasteiger partial charge >= 0.3 is 0 Å². The maximum absolute atomic E-state index is 13.0. The fourth-order valence-electron chi connectivity index (χ4n) is 2.89. The molecule has 3 rings (SSSR count). The molecule has 1 atom stereocenters. The minimum Gasteiger partial charge on any atom is -0.381 e. The molecule has 1 aromatic carbocycles. The van der Waals surface area contributed by atoms with Crippen LogP contribution >= 0.6 is 0 Å². The van der Waals surface area contributed by atoms with Gasteiger partial charge < -0.3 is 14.2 Å². The Morgan fingerprint density at radius 2 is 2.16 bits per heavy atom. The molecule has 0 aliphatic carbocycles. The van der Waals surface area contributed by atoms with E-state index < -0.39 is 0 Å². The molecule has 1 amide bonds. The standard InChI is InChI=1S/C18H22FN3O3/c1-2-22(11-13-9-10-24-12-13)17(23)8-7-16-20-18(21-25-16)14-3-5-15(19)6-4-14/h3-6,13H,2,7-12H2,1H3/t13-/m1/s1. The zero-order chi connectivity index (χ0) is 17.6. The Hall–Kier alpha value is -2.28. The van der Waals surface area contributed by atoms with Crippen LogP contribution < -0.4 is 0 Å². The Morgan fingerprint density at radius 3 is 2.84 bits per heavy atom. The third kappa shape index (κ3) is 4.63. The summed E-state index contributed by atoms with van der Waals surface area (Å²) < 4.78 is 23.5. The molecule has 0 saturated carbocycles. The van der Waals surface area contributed by atoms with Crippen LogP contribution in [-0.2, 0) is 16.0 Å². The summed E-state index contributed by atoms with van der Waals surface area (Å²) in [6, 6.07) is 5.89. The second-order valence-electron chi connectivity index (χ2n) is 6.18. The summed E-state index contributed by atoms with van der Waals surface area (Å²) in [6.07, 6.45) is 1.73. The SMILES string of the molecule is CCN(C[C@H]1CCOC1)C(=O)CCc1nc(-c2ccc(F)cc2)no1. The highest BCUT2D eigenvalue weighted by molar-refractivity contribution is 5.76. The van der Waals surface area contributed by atoms with Crippen LogP contribution in [0.3, 0.4) is 0 Å². The number of amides is 1. The molecular weight excluding hydrogens is 325 g/mol. The molecule has 0 N–H and O–H groups in total. The Labute approximate surface area is 146 Å². The summed E-state index contributed by atoms with van der Waals surface area (Å²) in [5, 5.41) is 3.89. The van der Waals surface area contributed by atoms with Crippen LogP contribution in [0.25, 0.3) is 11.4 Å². The lowest BCUT2D eigenvalue weighted by Crippen LogP contribution is -2.35. The molecule has 0 unspecified atom stereocenters. The fraction of sp³-hybridized carbons (Fsp3) is 0.500. The van der Waals surface area contributed by atoms with Crippen molar-refractivity contribution in [3.05, 3.63) is 36.0 Å². The lowest BCUT2D eigenvalue weighted by atomic mass is 10.1. The van der Waals surface area contributed by atoms with E-state index in [1.54, 1.807) is 12.1 Å². The van der Waals surface area contributed by atoms with Crippen molar-refractivity contribution in [3.63, 3.8) is 0 Å². The van der Waals surface area contributed by atoms with Gasteiger partial charge in [-0.1, -0.05) is 5.16 Å². The van der Waals surface area contributed by atoms with E-state index in [4.69, 9.17) is 9.26 Å². The van der Waals surface area contributed by atoms with Crippen molar-refractivity contribution in [2.45, 2.75) is 26.2 Å². The van der Waals surface area contributed by atoms with Gasteiger partial charge in [0.05, 0.1) is 6.61 Å². The minimum absolute atomic E-state index is 0.0796. The maximum Gasteiger partial charge on any atom is 0.227 e. The Balaban J connectivity index is 1.53. The summed E-state index contributed by atoms with van der Waals surface area (Å²) >= 11 is 0. The highest BCUT2D eigenvalue weighted by Crippen LogP contribution is 2.18. The topological polar surface area (TPSA) is 68.5 Å². The molecule has 0 bridgehead atoms. The van der Waals surface area contributed by atoms with Crippen LogP contribution in [0.15, 0.2) is 28.8 Å². The van der Waals surface area contributed by atoms with E-state index in [0.717, 1.165) is 26.2 Å². The Kier molecular flexibility index (Phi) is 5.75. The van der Waals surface area contributed by atoms with Gasteiger partial charge in [-0.25, -0.2) is 4.39 Å². The quantitative estimate of drug-likeness (QED) is 0.770. The first-order valence-electron chi connectivity index (χ1n) is 8.59. The van der Waals surface area contributed by atoms with E-state index >= 15 is 0 Å². The first kappa shape index (κ1) is 17.5. The van der Waals surface area contributed by atoms with Gasteiger partial charge in [0.25, 0.3) is 0 Å². The minimum atomic E-state index is -0.314. The van der Waals surface area contributed by atoms with Gasteiger partial charge in [-0.3, -0.25) is 4.79 Å². The van der Waals surface area contributed by atoms with Crippen LogP contribution in [0.1, 0.15) is 25.7 Å². The molecule has 1 aliphatic heterocycles. The number of hydrogen-bond donors (Lipinski definition) is 0. The van der Waals surface area contributed by atoms with Crippen molar-refractivity contribution in [1.29, 1.82) is 0 Å². The van der Waals surface area contributed by atoms with Gasteiger partial charge in [0, 0.05) is 44.0 Å². The number of ether oxygens (including phenoxy) is 1. The van der Waals surface area contributed by atoms with Crippen molar-refractivity contribution in [2.75, 3.05) is 26.3 Å². The number of aromatic nitrogens is 2. The Bertz CT molecular complexity index is 696. The van der Waals surface area contributed by atoms with Crippen LogP contribution in [0.4, 0.5) is 4.39 Å². The molecule has 2 aromatic rings. The van der Waals surface area contributed by atoms with Crippen LogP contribution in [0.2, 0.25) is 0 Å². The van der Waals surface area contributed by atoms with Gasteiger partial charge in [-0.05, 0) is 37.6 Å². The number of nitrogens with zero attached hydrogens (tertiary/aromatic N) is 3. The molecular formula is C18H22FN3O3. The molecule has 6 nitrogen and oxygen atoms in total. The number of aryl methyl sites for hydroxylation is 1. The second-order valence-corrected chi connectivity index (χ2v) is 6.18. The van der Waals surface area contributed by atoms with Gasteiger partial charge in [-0.15, -0.1) is 0 Å². The van der Waals surface area contributed by atoms with Gasteiger partial charge in [-0.2, -0.15) is 4.98 Å². The normalized spacial score (nSPS) is 17.0. The molecule has 1 fully saturated rings. The summed E-state index contributed by atoms with van der Waals surface area (Å²) in [6.45, 7) is 4.91. The second kappa shape index (κ2) is 8.20. The predicted octanol–water partition coefficient (Wildman–Crippen LogP) is 2.69. The zero-order valence-electron chi connectivity index (χ0n) is 14.3. The fourth-order valence-corrected chi connectivity index (χ4v) is 2.89. The van der Waals surface area contributed by atoms with Crippen LogP contribution in [-0.4, -0.2) is 47.3 Å². The third-order valence-electron chi connectivity index (χ3n) is 4.36. The molecule has 1 aliphatic rings. The van der Waals surface area contributed by atoms with Crippen LogP contribution in [0.5, 0.6) is 0 Å². The van der Waals surface area contributed by atoms with E-state index in [2.05, 4.69) is 10.1 Å². The van der Waals surface area contributed by atoms with Gasteiger partial charge in [0.1, 0.15) is 5.82 Å². The van der Waals surface area contributed by atoms with Gasteiger partial charge in [0.2, 0.25) is 17.6 Å². The zero-order valence-corrected chi connectivity index (χ0v) is 14.3. The van der Waals surface area contributed by atoms with E-state index in [-0.39, 0.29) is 11.7 Å². The predicted molar refractivity (Wildman–Crippen MR) is 89.2 cm³/mol. The molecule has 1 aromatic heterocycles. The number of benzene rings is 1. The molecule has 134 valence electrons. The maximum atomic E-state index is 13.0. The lowest BCUT2D eigenvalue weighted by molar-refractivity contribution is -0.131. The lowest BCUT2D eigenvalue weighted by Gasteiger charge is -2.23. The van der Waals surface area contributed by atoms with Crippen molar-refractivity contribution in [1.82, 2.24) is 15.0 Å². The first-order chi connectivity index (χ1) is 12.2. The van der Waals surface area contributed by atoms with Crippen molar-refractivity contribution in [2.24, 2.45) is 5.92 Å². The molecule has 7 heteroatoms. The first-order valence-corrected chi connectivity index (χ1v) is 8.59. The summed E-state index contributed by atoms with van der Waals surface area (Å²) in [4.78, 5) is 18.5. The summed E-state index contributed by atoms with van der Waals surface area (Å²) in [5.41, 5.74) is 0.680. The smallest absolute Gasteiger partial charge is 0.227 e. The number of carbonyl (C=O) groups is 1. The molecule has 1 saturated heterocycles. The van der Waals surface area contributed by atoms with E-state index in [9.17, 15) is 9.18 Å². The van der Waals surface area contributed by atoms with Gasteiger partial charge in [0.15, 0.2) is 0 Å². The van der Waals surface area contributed by atoms with Crippen molar-refractivity contribution < 1.29 is 18.4 Å². The summed E-state index contributed by atoms with van der Waals surface area (Å²) in [5.74, 6) is 1.00. The average molecular weight is 347 g/mol. The molecule has 0 spiro atoms. The number of hydrogen-bond acceptors (Lipinski definition) is 5. The largest absolute Gasteiger partial charge is 0.381 e. The average Bonchev–Trinajstić information content (AvgIpc) is 3.30. The number of carbonyl (C=O) groups excluding carboxylic acids is 1. The van der Waals surface area contributed by atoms with E-state index in [1.807, 2.05) is 11.8 Å². The van der Waals surface area contributed by atoms with E-state index in [1.165, 1.54) is 12.1 Å². The monoisotopic (exact) mass is 347 g/mol. The summed E-state index contributed by atoms with van der Waals surface area (Å²) in [7, 11) is 0. The molecule has 0 radical (unpaired) electrons. The van der Waals surface area contributed by atoms with Crippen molar-refractivity contribution >= 4 is 5.91 Å². The number of rotatable bonds is 7. The Morgan fingerprint density at radius 1 is 1.36 bits per heavy atom. The number of halogens is 1. The molecule has 2 heterocycles. The van der Waals surface area contributed by atoms with Crippen LogP contribution in [0, 0.1) is 11.7 Å². The van der Waals surface area contributed by atoms with E-state index in [0.29, 0.717) is 42.6 Å². The molecule has 25 heavy (non-hydrogen) atoms. The third-order valence-corrected chi connectivity index (χ3v) is 4.36. The highest BCUT2D eigenvalue weighted by atomic mass is 19.1. The van der Waals surface area contributed by atoms with Crippen molar-refractivity contribution in [3.8, 4) is 11.4 Å².